The first kappa shape index (κ1) is 15.7. The summed E-state index contributed by atoms with van der Waals surface area (Å²) >= 11 is 4.61. The molecule has 0 fully saturated rings. The van der Waals surface area contributed by atoms with E-state index in [1.54, 1.807) is 12.1 Å². The summed E-state index contributed by atoms with van der Waals surface area (Å²) in [5, 5.41) is 22.8. The van der Waals surface area contributed by atoms with E-state index in [0.717, 1.165) is 15.6 Å². The maximum Gasteiger partial charge on any atom is 0.206 e. The summed E-state index contributed by atoms with van der Waals surface area (Å²) in [6.07, 6.45) is 0.0945. The number of rotatable bonds is 3. The van der Waals surface area contributed by atoms with Gasteiger partial charge < -0.3 is 10.4 Å². The van der Waals surface area contributed by atoms with Gasteiger partial charge in [0.05, 0.1) is 12.1 Å². The van der Waals surface area contributed by atoms with Crippen LogP contribution in [0, 0.1) is 5.82 Å². The molecule has 4 rings (SSSR count). The summed E-state index contributed by atoms with van der Waals surface area (Å²) in [4.78, 5) is 0. The van der Waals surface area contributed by atoms with Crippen molar-refractivity contribution >= 4 is 32.4 Å². The molecule has 4 nitrogen and oxygen atoms in total. The average Bonchev–Trinajstić information content (AvgIpc) is 3.15. The highest BCUT2D eigenvalue weighted by Crippen LogP contribution is 2.36. The highest BCUT2D eigenvalue weighted by atomic mass is 79.9. The maximum atomic E-state index is 14.0. The summed E-state index contributed by atoms with van der Waals surface area (Å²) in [5.41, 5.74) is 2.60. The van der Waals surface area contributed by atoms with Gasteiger partial charge in [-0.25, -0.2) is 4.39 Å². The molecule has 0 bridgehead atoms. The monoisotopic (exact) mass is 405 g/mol. The Hall–Kier alpha value is -1.83. The summed E-state index contributed by atoms with van der Waals surface area (Å²) in [7, 11) is 0. The zero-order chi connectivity index (χ0) is 16.7. The molecule has 24 heavy (non-hydrogen) atoms. The van der Waals surface area contributed by atoms with Gasteiger partial charge in [-0.2, -0.15) is 0 Å². The van der Waals surface area contributed by atoms with Gasteiger partial charge in [0.25, 0.3) is 0 Å². The Labute approximate surface area is 150 Å². The number of nitrogens with zero attached hydrogens (tertiary/aromatic N) is 2. The van der Waals surface area contributed by atoms with Crippen LogP contribution in [0.3, 0.4) is 0 Å². The van der Waals surface area contributed by atoms with Crippen molar-refractivity contribution in [2.75, 3.05) is 5.32 Å². The molecule has 3 aromatic rings. The van der Waals surface area contributed by atoms with E-state index in [4.69, 9.17) is 0 Å². The number of benzene rings is 2. The largest absolute Gasteiger partial charge is 0.390 e. The summed E-state index contributed by atoms with van der Waals surface area (Å²) < 4.78 is 14.8. The Morgan fingerprint density at radius 3 is 2.92 bits per heavy atom. The van der Waals surface area contributed by atoms with Crippen molar-refractivity contribution in [2.45, 2.75) is 18.6 Å². The Morgan fingerprint density at radius 2 is 2.04 bits per heavy atom. The average molecular weight is 406 g/mol. The van der Waals surface area contributed by atoms with Crippen molar-refractivity contribution in [3.63, 3.8) is 0 Å². The fourth-order valence-electron chi connectivity index (χ4n) is 2.93. The number of aromatic nitrogens is 2. The third-order valence-corrected chi connectivity index (χ3v) is 5.45. The van der Waals surface area contributed by atoms with Crippen LogP contribution >= 0.6 is 27.3 Å². The number of nitrogens with one attached hydrogen (secondary N) is 1. The first-order chi connectivity index (χ1) is 11.6. The second-order valence-corrected chi connectivity index (χ2v) is 7.52. The molecule has 2 atom stereocenters. The minimum absolute atomic E-state index is 0.227. The summed E-state index contributed by atoms with van der Waals surface area (Å²) in [5.74, 6) is -0.341. The van der Waals surface area contributed by atoms with Gasteiger partial charge >= 0.3 is 0 Å². The maximum absolute atomic E-state index is 14.0. The van der Waals surface area contributed by atoms with Crippen molar-refractivity contribution in [2.24, 2.45) is 0 Å². The highest BCUT2D eigenvalue weighted by molar-refractivity contribution is 9.10. The normalized spacial score (nSPS) is 19.3. The molecule has 1 heterocycles. The molecule has 0 aliphatic heterocycles. The number of hydrogen-bond acceptors (Lipinski definition) is 5. The lowest BCUT2D eigenvalue weighted by Gasteiger charge is -2.16. The SMILES string of the molecule is O[C@H]1Cc2ccccc2[C@H]1Nc1nnc(-c2cc(Br)ccc2F)s1. The van der Waals surface area contributed by atoms with Crippen LogP contribution in [0.2, 0.25) is 0 Å². The van der Waals surface area contributed by atoms with Crippen LogP contribution in [0.25, 0.3) is 10.6 Å². The molecule has 0 saturated heterocycles. The molecule has 1 aliphatic rings. The molecule has 7 heteroatoms. The van der Waals surface area contributed by atoms with E-state index in [9.17, 15) is 9.50 Å². The van der Waals surface area contributed by atoms with Crippen LogP contribution in [0.4, 0.5) is 9.52 Å². The molecule has 0 spiro atoms. The van der Waals surface area contributed by atoms with Crippen molar-refractivity contribution in [3.05, 3.63) is 63.9 Å². The standard InChI is InChI=1S/C17H13BrFN3OS/c18-10-5-6-13(19)12(8-10)16-21-22-17(24-16)20-15-11-4-2-1-3-9(11)7-14(15)23/h1-6,8,14-15,23H,7H2,(H,20,22)/t14-,15+/m0/s1. The number of fused-ring (bicyclic) bond motifs is 1. The van der Waals surface area contributed by atoms with Gasteiger partial charge in [0.1, 0.15) is 5.82 Å². The van der Waals surface area contributed by atoms with E-state index in [1.165, 1.54) is 17.4 Å². The quantitative estimate of drug-likeness (QED) is 0.686. The molecule has 1 aliphatic carbocycles. The number of aliphatic hydroxyl groups excluding tert-OH is 1. The van der Waals surface area contributed by atoms with Gasteiger partial charge in [0.2, 0.25) is 5.13 Å². The van der Waals surface area contributed by atoms with E-state index in [1.807, 2.05) is 24.3 Å². The van der Waals surface area contributed by atoms with Gasteiger partial charge in [-0.05, 0) is 29.3 Å². The number of hydrogen-bond donors (Lipinski definition) is 2. The number of halogens is 2. The Bertz CT molecular complexity index is 901. The van der Waals surface area contributed by atoms with Crippen LogP contribution in [0.1, 0.15) is 17.2 Å². The smallest absolute Gasteiger partial charge is 0.206 e. The molecule has 122 valence electrons. The van der Waals surface area contributed by atoms with E-state index in [0.29, 0.717) is 22.1 Å². The lowest BCUT2D eigenvalue weighted by molar-refractivity contribution is 0.166. The minimum atomic E-state index is -0.516. The molecule has 0 unspecified atom stereocenters. The predicted molar refractivity (Wildman–Crippen MR) is 95.5 cm³/mol. The molecule has 0 amide bonds. The van der Waals surface area contributed by atoms with E-state index < -0.39 is 6.10 Å². The van der Waals surface area contributed by atoms with Crippen LogP contribution in [-0.4, -0.2) is 21.4 Å². The lowest BCUT2D eigenvalue weighted by Crippen LogP contribution is -2.21. The van der Waals surface area contributed by atoms with Crippen LogP contribution in [0.5, 0.6) is 0 Å². The first-order valence-electron chi connectivity index (χ1n) is 7.43. The fraction of sp³-hybridized carbons (Fsp3) is 0.176. The van der Waals surface area contributed by atoms with E-state index in [2.05, 4.69) is 31.4 Å². The molecule has 2 N–H and O–H groups in total. The lowest BCUT2D eigenvalue weighted by atomic mass is 10.1. The predicted octanol–water partition coefficient (Wildman–Crippen LogP) is 4.18. The van der Waals surface area contributed by atoms with Crippen LogP contribution < -0.4 is 5.32 Å². The highest BCUT2D eigenvalue weighted by Gasteiger charge is 2.31. The molecule has 2 aromatic carbocycles. The van der Waals surface area contributed by atoms with Gasteiger partial charge in [-0.3, -0.25) is 0 Å². The second-order valence-electron chi connectivity index (χ2n) is 5.63. The van der Waals surface area contributed by atoms with Gasteiger partial charge in [-0.1, -0.05) is 51.5 Å². The Kier molecular flexibility index (Phi) is 4.07. The van der Waals surface area contributed by atoms with Gasteiger partial charge in [-0.15, -0.1) is 10.2 Å². The topological polar surface area (TPSA) is 58.0 Å². The van der Waals surface area contributed by atoms with Gasteiger partial charge in [0, 0.05) is 16.5 Å². The molecule has 0 radical (unpaired) electrons. The summed E-state index contributed by atoms with van der Waals surface area (Å²) in [6.45, 7) is 0. The summed E-state index contributed by atoms with van der Waals surface area (Å²) in [6, 6.07) is 12.4. The van der Waals surface area contributed by atoms with E-state index >= 15 is 0 Å². The number of aliphatic hydroxyl groups is 1. The van der Waals surface area contributed by atoms with E-state index in [-0.39, 0.29) is 11.9 Å². The van der Waals surface area contributed by atoms with Crippen molar-refractivity contribution < 1.29 is 9.50 Å². The minimum Gasteiger partial charge on any atom is -0.390 e. The van der Waals surface area contributed by atoms with Crippen molar-refractivity contribution in [1.82, 2.24) is 10.2 Å². The third kappa shape index (κ3) is 2.83. The molecule has 0 saturated carbocycles. The molecular formula is C17H13BrFN3OS. The van der Waals surface area contributed by atoms with Crippen LogP contribution in [0.15, 0.2) is 46.9 Å². The second kappa shape index (κ2) is 6.23. The Morgan fingerprint density at radius 1 is 1.21 bits per heavy atom. The van der Waals surface area contributed by atoms with Crippen molar-refractivity contribution in [3.8, 4) is 10.6 Å². The van der Waals surface area contributed by atoms with Crippen LogP contribution in [-0.2, 0) is 6.42 Å². The zero-order valence-corrected chi connectivity index (χ0v) is 14.8. The molecule has 1 aromatic heterocycles. The van der Waals surface area contributed by atoms with Gasteiger partial charge in [0.15, 0.2) is 5.01 Å². The van der Waals surface area contributed by atoms with Crippen molar-refractivity contribution in [1.29, 1.82) is 0 Å². The fourth-order valence-corrected chi connectivity index (χ4v) is 4.09. The first-order valence-corrected chi connectivity index (χ1v) is 9.04. The Balaban J connectivity index is 1.61. The third-order valence-electron chi connectivity index (χ3n) is 4.07. The zero-order valence-electron chi connectivity index (χ0n) is 12.4. The number of anilines is 1. The molecular weight excluding hydrogens is 393 g/mol.